The van der Waals surface area contributed by atoms with Crippen LogP contribution in [0.25, 0.3) is 0 Å². The molecule has 4 heteroatoms. The largest absolute Gasteiger partial charge is 0.497 e. The number of carbonyl (C=O) groups is 1. The average molecular weight is 221 g/mol. The molecule has 1 rings (SSSR count). The van der Waals surface area contributed by atoms with Gasteiger partial charge in [0.25, 0.3) is 0 Å². The van der Waals surface area contributed by atoms with E-state index in [0.717, 1.165) is 11.3 Å². The number of methoxy groups -OCH3 is 1. The summed E-state index contributed by atoms with van der Waals surface area (Å²) >= 11 is 0. The van der Waals surface area contributed by atoms with Crippen LogP contribution in [0.5, 0.6) is 5.75 Å². The highest BCUT2D eigenvalue weighted by atomic mass is 16.7. The zero-order chi connectivity index (χ0) is 12.0. The lowest BCUT2D eigenvalue weighted by molar-refractivity contribution is -0.143. The third-order valence-corrected chi connectivity index (χ3v) is 2.08. The first-order valence-corrected chi connectivity index (χ1v) is 5.06. The van der Waals surface area contributed by atoms with E-state index >= 15 is 0 Å². The minimum atomic E-state index is -0.340. The molecule has 0 aliphatic rings. The molecule has 1 aromatic carbocycles. The molecule has 0 fully saturated rings. The molecule has 0 heterocycles. The van der Waals surface area contributed by atoms with Crippen LogP contribution in [0, 0.1) is 0 Å². The summed E-state index contributed by atoms with van der Waals surface area (Å²) in [5, 5.41) is 3.75. The maximum absolute atomic E-state index is 10.9. The fraction of sp³-hybridized carbons (Fsp3) is 0.333. The SMILES string of the molecule is CCC(=O)O/N=C(/C)c1ccc(OC)cc1. The van der Waals surface area contributed by atoms with Crippen molar-refractivity contribution in [2.45, 2.75) is 20.3 Å². The standard InChI is InChI=1S/C12H15NO3/c1-4-12(14)16-13-9(2)10-5-7-11(15-3)8-6-10/h5-8H,4H2,1-3H3/b13-9-. The Balaban J connectivity index is 2.71. The second kappa shape index (κ2) is 5.90. The summed E-state index contributed by atoms with van der Waals surface area (Å²) < 4.78 is 5.04. The number of nitrogens with zero attached hydrogens (tertiary/aromatic N) is 1. The predicted molar refractivity (Wildman–Crippen MR) is 61.6 cm³/mol. The van der Waals surface area contributed by atoms with Gasteiger partial charge in [-0.25, -0.2) is 4.79 Å². The van der Waals surface area contributed by atoms with Gasteiger partial charge in [-0.1, -0.05) is 12.1 Å². The predicted octanol–water partition coefficient (Wildman–Crippen LogP) is 2.37. The second-order valence-electron chi connectivity index (χ2n) is 3.22. The van der Waals surface area contributed by atoms with Crippen molar-refractivity contribution in [3.63, 3.8) is 0 Å². The fourth-order valence-corrected chi connectivity index (χ4v) is 1.07. The van der Waals surface area contributed by atoms with E-state index in [1.807, 2.05) is 24.3 Å². The van der Waals surface area contributed by atoms with Gasteiger partial charge in [0.2, 0.25) is 0 Å². The first kappa shape index (κ1) is 12.2. The van der Waals surface area contributed by atoms with Gasteiger partial charge in [-0.05, 0) is 36.8 Å². The van der Waals surface area contributed by atoms with Crippen LogP contribution < -0.4 is 4.74 Å². The zero-order valence-electron chi connectivity index (χ0n) is 9.69. The van der Waals surface area contributed by atoms with E-state index in [1.165, 1.54) is 0 Å². The number of rotatable bonds is 4. The first-order chi connectivity index (χ1) is 7.67. The summed E-state index contributed by atoms with van der Waals surface area (Å²) in [5.41, 5.74) is 1.55. The lowest BCUT2D eigenvalue weighted by Gasteiger charge is -2.02. The Kier molecular flexibility index (Phi) is 4.51. The van der Waals surface area contributed by atoms with Gasteiger partial charge >= 0.3 is 5.97 Å². The summed E-state index contributed by atoms with van der Waals surface area (Å²) in [5.74, 6) is 0.440. The van der Waals surface area contributed by atoms with Crippen molar-refractivity contribution in [3.8, 4) is 5.75 Å². The molecule has 0 saturated heterocycles. The molecule has 0 radical (unpaired) electrons. The van der Waals surface area contributed by atoms with Gasteiger partial charge in [0.05, 0.1) is 12.8 Å². The molecule has 0 bridgehead atoms. The average Bonchev–Trinajstić information content (AvgIpc) is 2.35. The molecule has 0 aliphatic carbocycles. The van der Waals surface area contributed by atoms with Crippen molar-refractivity contribution < 1.29 is 14.4 Å². The molecule has 0 aromatic heterocycles. The van der Waals surface area contributed by atoms with E-state index in [1.54, 1.807) is 21.0 Å². The number of carbonyl (C=O) groups excluding carboxylic acids is 1. The fourth-order valence-electron chi connectivity index (χ4n) is 1.07. The van der Waals surface area contributed by atoms with Crippen molar-refractivity contribution in [1.82, 2.24) is 0 Å². The number of oxime groups is 1. The Bertz CT molecular complexity index is 382. The van der Waals surface area contributed by atoms with Gasteiger partial charge in [-0.2, -0.15) is 0 Å². The minimum absolute atomic E-state index is 0.319. The molecule has 0 aliphatic heterocycles. The summed E-state index contributed by atoms with van der Waals surface area (Å²) in [6.07, 6.45) is 0.319. The molecular formula is C12H15NO3. The van der Waals surface area contributed by atoms with E-state index in [4.69, 9.17) is 4.74 Å². The molecule has 1 aromatic rings. The molecule has 0 spiro atoms. The van der Waals surface area contributed by atoms with Crippen LogP contribution in [0.3, 0.4) is 0 Å². The van der Waals surface area contributed by atoms with E-state index in [0.29, 0.717) is 12.1 Å². The number of hydrogen-bond donors (Lipinski definition) is 0. The highest BCUT2D eigenvalue weighted by Gasteiger charge is 2.01. The van der Waals surface area contributed by atoms with Gasteiger partial charge in [0, 0.05) is 6.42 Å². The van der Waals surface area contributed by atoms with Crippen LogP contribution in [0.2, 0.25) is 0 Å². The van der Waals surface area contributed by atoms with Crippen LogP contribution in [0.4, 0.5) is 0 Å². The molecule has 86 valence electrons. The Morgan fingerprint density at radius 2 is 1.94 bits per heavy atom. The Hall–Kier alpha value is -1.84. The normalized spacial score (nSPS) is 11.1. The van der Waals surface area contributed by atoms with Gasteiger partial charge in [0.1, 0.15) is 5.75 Å². The smallest absolute Gasteiger partial charge is 0.334 e. The van der Waals surface area contributed by atoms with Crippen LogP contribution in [-0.4, -0.2) is 18.8 Å². The molecule has 0 amide bonds. The second-order valence-corrected chi connectivity index (χ2v) is 3.22. The maximum atomic E-state index is 10.9. The summed E-state index contributed by atoms with van der Waals surface area (Å²) in [6, 6.07) is 7.38. The van der Waals surface area contributed by atoms with E-state index in [2.05, 4.69) is 9.99 Å². The summed E-state index contributed by atoms with van der Waals surface area (Å²) in [7, 11) is 1.61. The molecule has 4 nitrogen and oxygen atoms in total. The third-order valence-electron chi connectivity index (χ3n) is 2.08. The topological polar surface area (TPSA) is 47.9 Å². The van der Waals surface area contributed by atoms with Gasteiger partial charge in [0.15, 0.2) is 0 Å². The lowest BCUT2D eigenvalue weighted by atomic mass is 10.1. The van der Waals surface area contributed by atoms with Crippen LogP contribution in [0.1, 0.15) is 25.8 Å². The molecule has 0 unspecified atom stereocenters. The Morgan fingerprint density at radius 3 is 2.44 bits per heavy atom. The zero-order valence-corrected chi connectivity index (χ0v) is 9.69. The van der Waals surface area contributed by atoms with Crippen molar-refractivity contribution >= 4 is 11.7 Å². The first-order valence-electron chi connectivity index (χ1n) is 5.06. The third kappa shape index (κ3) is 3.38. The monoisotopic (exact) mass is 221 g/mol. The summed E-state index contributed by atoms with van der Waals surface area (Å²) in [4.78, 5) is 15.6. The number of benzene rings is 1. The maximum Gasteiger partial charge on any atom is 0.334 e. The van der Waals surface area contributed by atoms with E-state index in [9.17, 15) is 4.79 Å². The van der Waals surface area contributed by atoms with Crippen molar-refractivity contribution in [2.24, 2.45) is 5.16 Å². The molecule has 16 heavy (non-hydrogen) atoms. The molecular weight excluding hydrogens is 206 g/mol. The molecule has 0 atom stereocenters. The lowest BCUT2D eigenvalue weighted by Crippen LogP contribution is -2.01. The molecule has 0 saturated carbocycles. The van der Waals surface area contributed by atoms with Crippen LogP contribution in [0.15, 0.2) is 29.4 Å². The number of hydrogen-bond acceptors (Lipinski definition) is 4. The van der Waals surface area contributed by atoms with Crippen LogP contribution in [-0.2, 0) is 9.63 Å². The number of ether oxygens (including phenoxy) is 1. The minimum Gasteiger partial charge on any atom is -0.497 e. The summed E-state index contributed by atoms with van der Waals surface area (Å²) in [6.45, 7) is 3.51. The quantitative estimate of drug-likeness (QED) is 0.445. The van der Waals surface area contributed by atoms with Gasteiger partial charge in [-0.3, -0.25) is 0 Å². The van der Waals surface area contributed by atoms with E-state index < -0.39 is 0 Å². The van der Waals surface area contributed by atoms with E-state index in [-0.39, 0.29) is 5.97 Å². The highest BCUT2D eigenvalue weighted by Crippen LogP contribution is 2.12. The Labute approximate surface area is 94.9 Å². The van der Waals surface area contributed by atoms with Crippen molar-refractivity contribution in [2.75, 3.05) is 7.11 Å². The molecule has 0 N–H and O–H groups in total. The Morgan fingerprint density at radius 1 is 1.31 bits per heavy atom. The van der Waals surface area contributed by atoms with Gasteiger partial charge < -0.3 is 9.57 Å². The highest BCUT2D eigenvalue weighted by molar-refractivity contribution is 5.98. The van der Waals surface area contributed by atoms with Crippen LogP contribution >= 0.6 is 0 Å². The van der Waals surface area contributed by atoms with Crippen molar-refractivity contribution in [3.05, 3.63) is 29.8 Å². The van der Waals surface area contributed by atoms with Gasteiger partial charge in [-0.15, -0.1) is 0 Å². The van der Waals surface area contributed by atoms with Crippen molar-refractivity contribution in [1.29, 1.82) is 0 Å².